The number of nitrogens with one attached hydrogen (secondary N) is 1. The van der Waals surface area contributed by atoms with Crippen molar-refractivity contribution in [3.8, 4) is 0 Å². The molecule has 23 heavy (non-hydrogen) atoms. The molecule has 1 aliphatic rings. The first-order chi connectivity index (χ1) is 11.0. The fourth-order valence-corrected chi connectivity index (χ4v) is 3.06. The Kier molecular flexibility index (Phi) is 4.77. The first-order valence-electron chi connectivity index (χ1n) is 7.42. The van der Waals surface area contributed by atoms with Crippen molar-refractivity contribution in [3.63, 3.8) is 0 Å². The molecule has 6 nitrogen and oxygen atoms in total. The highest BCUT2D eigenvalue weighted by molar-refractivity contribution is 7.99. The van der Waals surface area contributed by atoms with Crippen LogP contribution in [0.5, 0.6) is 0 Å². The molecule has 0 radical (unpaired) electrons. The summed E-state index contributed by atoms with van der Waals surface area (Å²) in [5, 5.41) is 12.3. The van der Waals surface area contributed by atoms with Crippen LogP contribution in [0.25, 0.3) is 0 Å². The second-order valence-electron chi connectivity index (χ2n) is 5.61. The van der Waals surface area contributed by atoms with E-state index in [0.717, 1.165) is 24.2 Å². The molecule has 0 bridgehead atoms. The summed E-state index contributed by atoms with van der Waals surface area (Å²) in [5.41, 5.74) is 1.01. The van der Waals surface area contributed by atoms with E-state index in [1.807, 2.05) is 31.2 Å². The topological polar surface area (TPSA) is 85.8 Å². The molecule has 0 aliphatic heterocycles. The number of nitrogens with zero attached hydrogens (tertiary/aromatic N) is 3. The van der Waals surface area contributed by atoms with Gasteiger partial charge < -0.3 is 11.2 Å². The molecule has 0 spiro atoms. The standard InChI is InChI=1S/C15H18ClN5OS/c1-9(10-4-6-12(16)7-5-10)18-13(22)8-23-15-20-19-14(21(15)17)11-2-3-11/h4-7,9,11H,2-3,8,17H2,1H3,(H,18,22)/t9-/m0/s1. The van der Waals surface area contributed by atoms with Crippen LogP contribution in [0, 0.1) is 0 Å². The Morgan fingerprint density at radius 1 is 1.43 bits per heavy atom. The molecule has 1 aliphatic carbocycles. The van der Waals surface area contributed by atoms with E-state index in [4.69, 9.17) is 17.4 Å². The van der Waals surface area contributed by atoms with E-state index >= 15 is 0 Å². The third-order valence-electron chi connectivity index (χ3n) is 3.71. The number of benzene rings is 1. The SMILES string of the molecule is C[C@H](NC(=O)CSc1nnc(C2CC2)n1N)c1ccc(Cl)cc1. The summed E-state index contributed by atoms with van der Waals surface area (Å²) in [5.74, 6) is 7.37. The van der Waals surface area contributed by atoms with Crippen LogP contribution in [-0.2, 0) is 4.79 Å². The molecule has 1 aromatic carbocycles. The van der Waals surface area contributed by atoms with Crippen LogP contribution < -0.4 is 11.2 Å². The van der Waals surface area contributed by atoms with Gasteiger partial charge in [-0.25, -0.2) is 4.68 Å². The number of aromatic nitrogens is 3. The fourth-order valence-electron chi connectivity index (χ4n) is 2.25. The molecule has 1 aromatic heterocycles. The molecule has 1 atom stereocenters. The Morgan fingerprint density at radius 3 is 2.78 bits per heavy atom. The number of hydrogen-bond donors (Lipinski definition) is 2. The minimum absolute atomic E-state index is 0.0755. The summed E-state index contributed by atoms with van der Waals surface area (Å²) in [6, 6.07) is 7.34. The van der Waals surface area contributed by atoms with Crippen molar-refractivity contribution in [3.05, 3.63) is 40.7 Å². The number of hydrogen-bond acceptors (Lipinski definition) is 5. The number of rotatable bonds is 6. The van der Waals surface area contributed by atoms with E-state index in [-0.39, 0.29) is 17.7 Å². The van der Waals surface area contributed by atoms with E-state index < -0.39 is 0 Å². The van der Waals surface area contributed by atoms with E-state index in [1.165, 1.54) is 16.4 Å². The van der Waals surface area contributed by atoms with Crippen molar-refractivity contribution in [2.75, 3.05) is 11.6 Å². The Bertz CT molecular complexity index is 698. The summed E-state index contributed by atoms with van der Waals surface area (Å²) in [6.45, 7) is 1.93. The molecule has 1 fully saturated rings. The molecular formula is C15H18ClN5OS. The summed E-state index contributed by atoms with van der Waals surface area (Å²) in [6.07, 6.45) is 2.22. The molecule has 3 N–H and O–H groups in total. The largest absolute Gasteiger partial charge is 0.349 e. The van der Waals surface area contributed by atoms with Gasteiger partial charge >= 0.3 is 0 Å². The monoisotopic (exact) mass is 351 g/mol. The maximum absolute atomic E-state index is 12.1. The van der Waals surface area contributed by atoms with Gasteiger partial charge in [0, 0.05) is 10.9 Å². The van der Waals surface area contributed by atoms with Crippen LogP contribution >= 0.6 is 23.4 Å². The minimum atomic E-state index is -0.0851. The zero-order chi connectivity index (χ0) is 16.4. The van der Waals surface area contributed by atoms with E-state index in [9.17, 15) is 4.79 Å². The summed E-state index contributed by atoms with van der Waals surface area (Å²) < 4.78 is 1.50. The number of thioether (sulfide) groups is 1. The van der Waals surface area contributed by atoms with Gasteiger partial charge in [0.2, 0.25) is 11.1 Å². The highest BCUT2D eigenvalue weighted by atomic mass is 35.5. The second-order valence-corrected chi connectivity index (χ2v) is 6.99. The van der Waals surface area contributed by atoms with Crippen molar-refractivity contribution in [2.45, 2.75) is 36.9 Å². The number of nitrogen functional groups attached to an aromatic ring is 1. The van der Waals surface area contributed by atoms with Gasteiger partial charge in [0.25, 0.3) is 0 Å². The van der Waals surface area contributed by atoms with Gasteiger partial charge in [-0.2, -0.15) is 0 Å². The number of carbonyl (C=O) groups excluding carboxylic acids is 1. The third-order valence-corrected chi connectivity index (χ3v) is 4.91. The second kappa shape index (κ2) is 6.80. The van der Waals surface area contributed by atoms with Crippen molar-refractivity contribution < 1.29 is 4.79 Å². The zero-order valence-corrected chi connectivity index (χ0v) is 14.3. The van der Waals surface area contributed by atoms with Crippen LogP contribution in [0.15, 0.2) is 29.4 Å². The van der Waals surface area contributed by atoms with Gasteiger partial charge in [-0.1, -0.05) is 35.5 Å². The fraction of sp³-hybridized carbons (Fsp3) is 0.400. The number of halogens is 1. The van der Waals surface area contributed by atoms with Gasteiger partial charge in [0.1, 0.15) is 0 Å². The van der Waals surface area contributed by atoms with Crippen LogP contribution in [0.4, 0.5) is 0 Å². The molecule has 1 amide bonds. The molecule has 1 saturated carbocycles. The zero-order valence-electron chi connectivity index (χ0n) is 12.7. The van der Waals surface area contributed by atoms with Crippen molar-refractivity contribution in [2.24, 2.45) is 0 Å². The lowest BCUT2D eigenvalue weighted by Crippen LogP contribution is -2.28. The third kappa shape index (κ3) is 3.97. The summed E-state index contributed by atoms with van der Waals surface area (Å²) in [7, 11) is 0. The van der Waals surface area contributed by atoms with E-state index in [2.05, 4.69) is 15.5 Å². The lowest BCUT2D eigenvalue weighted by Gasteiger charge is -2.14. The molecule has 0 unspecified atom stereocenters. The van der Waals surface area contributed by atoms with E-state index in [1.54, 1.807) is 0 Å². The Morgan fingerprint density at radius 2 is 2.13 bits per heavy atom. The van der Waals surface area contributed by atoms with E-state index in [0.29, 0.717) is 16.1 Å². The van der Waals surface area contributed by atoms with Crippen LogP contribution in [0.3, 0.4) is 0 Å². The van der Waals surface area contributed by atoms with Crippen molar-refractivity contribution in [1.82, 2.24) is 20.2 Å². The maximum atomic E-state index is 12.1. The first kappa shape index (κ1) is 16.1. The van der Waals surface area contributed by atoms with Gasteiger partial charge in [-0.05, 0) is 37.5 Å². The Labute approximate surface area is 143 Å². The number of amides is 1. The predicted octanol–water partition coefficient (Wildman–Crippen LogP) is 2.49. The van der Waals surface area contributed by atoms with Gasteiger partial charge in [0.05, 0.1) is 11.8 Å². The average molecular weight is 352 g/mol. The van der Waals surface area contributed by atoms with Crippen LogP contribution in [-0.4, -0.2) is 26.5 Å². The molecule has 8 heteroatoms. The predicted molar refractivity (Wildman–Crippen MR) is 90.9 cm³/mol. The smallest absolute Gasteiger partial charge is 0.230 e. The normalized spacial score (nSPS) is 15.4. The Hall–Kier alpha value is -1.73. The molecule has 2 aromatic rings. The van der Waals surface area contributed by atoms with Crippen molar-refractivity contribution >= 4 is 29.3 Å². The van der Waals surface area contributed by atoms with Gasteiger partial charge in [-0.3, -0.25) is 4.79 Å². The molecule has 1 heterocycles. The molecule has 0 saturated heterocycles. The lowest BCUT2D eigenvalue weighted by atomic mass is 10.1. The highest BCUT2D eigenvalue weighted by Gasteiger charge is 2.30. The Balaban J connectivity index is 1.52. The van der Waals surface area contributed by atoms with Gasteiger partial charge in [0.15, 0.2) is 5.82 Å². The maximum Gasteiger partial charge on any atom is 0.230 e. The lowest BCUT2D eigenvalue weighted by molar-refractivity contribution is -0.119. The minimum Gasteiger partial charge on any atom is -0.349 e. The first-order valence-corrected chi connectivity index (χ1v) is 8.79. The van der Waals surface area contributed by atoms with Crippen molar-refractivity contribution in [1.29, 1.82) is 0 Å². The molecular weight excluding hydrogens is 334 g/mol. The highest BCUT2D eigenvalue weighted by Crippen LogP contribution is 2.39. The quantitative estimate of drug-likeness (QED) is 0.617. The number of carbonyl (C=O) groups is 1. The number of nitrogens with two attached hydrogens (primary N) is 1. The summed E-state index contributed by atoms with van der Waals surface area (Å²) in [4.78, 5) is 12.1. The average Bonchev–Trinajstić information content (AvgIpc) is 3.30. The molecule has 122 valence electrons. The van der Waals surface area contributed by atoms with Crippen LogP contribution in [0.1, 0.15) is 43.1 Å². The van der Waals surface area contributed by atoms with Gasteiger partial charge in [-0.15, -0.1) is 10.2 Å². The molecule has 3 rings (SSSR count). The summed E-state index contributed by atoms with van der Waals surface area (Å²) >= 11 is 7.16. The van der Waals surface area contributed by atoms with Crippen LogP contribution in [0.2, 0.25) is 5.02 Å².